The normalized spacial score (nSPS) is 11.0. The molecule has 0 radical (unpaired) electrons. The summed E-state index contributed by atoms with van der Waals surface area (Å²) in [6.45, 7) is 0. The summed E-state index contributed by atoms with van der Waals surface area (Å²) in [6.07, 6.45) is 0. The Morgan fingerprint density at radius 1 is 1.09 bits per heavy atom. The number of nitrogens with zero attached hydrogens (tertiary/aromatic N) is 1. The minimum Gasteiger partial charge on any atom is -0.497 e. The minimum atomic E-state index is -4.37. The molecular formula is C13H10ClNO6S. The van der Waals surface area contributed by atoms with E-state index in [9.17, 15) is 18.5 Å². The van der Waals surface area contributed by atoms with E-state index in [1.54, 1.807) is 0 Å². The third-order valence-corrected chi connectivity index (χ3v) is 4.18. The van der Waals surface area contributed by atoms with E-state index in [0.717, 1.165) is 12.1 Å². The van der Waals surface area contributed by atoms with Crippen LogP contribution >= 0.6 is 11.6 Å². The van der Waals surface area contributed by atoms with Crippen molar-refractivity contribution in [1.29, 1.82) is 0 Å². The second-order valence-corrected chi connectivity index (χ2v) is 6.03. The molecule has 2 aromatic rings. The molecule has 0 aliphatic rings. The Labute approximate surface area is 131 Å². The molecule has 0 amide bonds. The summed E-state index contributed by atoms with van der Waals surface area (Å²) in [5.74, 6) is 0.521. The smallest absolute Gasteiger partial charge is 0.346 e. The number of benzene rings is 2. The third kappa shape index (κ3) is 3.46. The Hall–Kier alpha value is -2.32. The molecule has 22 heavy (non-hydrogen) atoms. The number of halogens is 1. The van der Waals surface area contributed by atoms with Crippen LogP contribution in [-0.2, 0) is 10.1 Å². The molecule has 0 fully saturated rings. The lowest BCUT2D eigenvalue weighted by molar-refractivity contribution is -0.387. The van der Waals surface area contributed by atoms with Crippen molar-refractivity contribution in [2.45, 2.75) is 4.90 Å². The Morgan fingerprint density at radius 2 is 1.68 bits per heavy atom. The predicted molar refractivity (Wildman–Crippen MR) is 78.9 cm³/mol. The summed E-state index contributed by atoms with van der Waals surface area (Å²) in [5, 5.41) is 11.0. The van der Waals surface area contributed by atoms with Crippen molar-refractivity contribution in [3.63, 3.8) is 0 Å². The third-order valence-electron chi connectivity index (χ3n) is 2.65. The van der Waals surface area contributed by atoms with Crippen LogP contribution in [-0.4, -0.2) is 20.5 Å². The molecule has 2 aromatic carbocycles. The largest absolute Gasteiger partial charge is 0.497 e. The molecule has 0 atom stereocenters. The van der Waals surface area contributed by atoms with Gasteiger partial charge in [-0.3, -0.25) is 10.1 Å². The van der Waals surface area contributed by atoms with Crippen molar-refractivity contribution in [2.24, 2.45) is 0 Å². The van der Waals surface area contributed by atoms with Crippen LogP contribution in [0.5, 0.6) is 11.5 Å². The van der Waals surface area contributed by atoms with Gasteiger partial charge < -0.3 is 8.92 Å². The molecule has 0 N–H and O–H groups in total. The average Bonchev–Trinajstić information content (AvgIpc) is 2.47. The van der Waals surface area contributed by atoms with Crippen molar-refractivity contribution >= 4 is 27.4 Å². The van der Waals surface area contributed by atoms with Crippen LogP contribution < -0.4 is 8.92 Å². The first kappa shape index (κ1) is 16.1. The fourth-order valence-electron chi connectivity index (χ4n) is 1.65. The Bertz CT molecular complexity index is 804. The van der Waals surface area contributed by atoms with E-state index in [1.165, 1.54) is 37.4 Å². The van der Waals surface area contributed by atoms with E-state index in [4.69, 9.17) is 20.5 Å². The number of nitro benzene ring substituents is 1. The highest BCUT2D eigenvalue weighted by Crippen LogP contribution is 2.29. The van der Waals surface area contributed by atoms with Crippen molar-refractivity contribution in [2.75, 3.05) is 7.11 Å². The summed E-state index contributed by atoms with van der Waals surface area (Å²) in [7, 11) is -2.90. The lowest BCUT2D eigenvalue weighted by Crippen LogP contribution is -2.12. The number of rotatable bonds is 5. The molecule has 0 aliphatic heterocycles. The second kappa shape index (κ2) is 6.20. The zero-order valence-corrected chi connectivity index (χ0v) is 12.8. The summed E-state index contributed by atoms with van der Waals surface area (Å²) in [5.41, 5.74) is -0.652. The number of hydrogen-bond donors (Lipinski definition) is 0. The lowest BCUT2D eigenvalue weighted by atomic mass is 10.3. The highest BCUT2D eigenvalue weighted by Gasteiger charge is 2.28. The summed E-state index contributed by atoms with van der Waals surface area (Å²) in [4.78, 5) is 9.56. The van der Waals surface area contributed by atoms with Crippen LogP contribution in [0.25, 0.3) is 0 Å². The van der Waals surface area contributed by atoms with E-state index in [2.05, 4.69) is 0 Å². The molecule has 0 saturated carbocycles. The van der Waals surface area contributed by atoms with Crippen LogP contribution in [0, 0.1) is 10.1 Å². The molecule has 116 valence electrons. The zero-order chi connectivity index (χ0) is 16.3. The van der Waals surface area contributed by atoms with Crippen LogP contribution in [0.15, 0.2) is 47.4 Å². The van der Waals surface area contributed by atoms with E-state index in [-0.39, 0.29) is 10.8 Å². The highest BCUT2D eigenvalue weighted by molar-refractivity contribution is 7.87. The molecule has 0 spiro atoms. The molecule has 0 saturated heterocycles. The van der Waals surface area contributed by atoms with Gasteiger partial charge in [0.25, 0.3) is 5.69 Å². The number of hydrogen-bond acceptors (Lipinski definition) is 6. The quantitative estimate of drug-likeness (QED) is 0.470. The molecular weight excluding hydrogens is 334 g/mol. The zero-order valence-electron chi connectivity index (χ0n) is 11.2. The Kier molecular flexibility index (Phi) is 4.53. The first-order valence-electron chi connectivity index (χ1n) is 5.86. The average molecular weight is 344 g/mol. The van der Waals surface area contributed by atoms with Crippen molar-refractivity contribution < 1.29 is 22.3 Å². The van der Waals surface area contributed by atoms with Gasteiger partial charge in [-0.2, -0.15) is 8.42 Å². The SMILES string of the molecule is COc1ccc(OS(=O)(=O)c2ccc(Cl)cc2[N+](=O)[O-])cc1. The van der Waals surface area contributed by atoms with E-state index in [0.29, 0.717) is 5.75 Å². The van der Waals surface area contributed by atoms with Gasteiger partial charge in [0.1, 0.15) is 11.5 Å². The van der Waals surface area contributed by atoms with Gasteiger partial charge in [-0.25, -0.2) is 0 Å². The second-order valence-electron chi connectivity index (χ2n) is 4.08. The van der Waals surface area contributed by atoms with Crippen LogP contribution in [0.3, 0.4) is 0 Å². The first-order valence-corrected chi connectivity index (χ1v) is 7.64. The van der Waals surface area contributed by atoms with Gasteiger partial charge in [-0.1, -0.05) is 11.6 Å². The van der Waals surface area contributed by atoms with Gasteiger partial charge in [-0.05, 0) is 36.4 Å². The van der Waals surface area contributed by atoms with E-state index in [1.807, 2.05) is 0 Å². The van der Waals surface area contributed by atoms with E-state index < -0.39 is 25.6 Å². The number of nitro groups is 1. The summed E-state index contributed by atoms with van der Waals surface area (Å²) in [6, 6.07) is 8.96. The maximum Gasteiger partial charge on any atom is 0.346 e. The fourth-order valence-corrected chi connectivity index (χ4v) is 2.89. The Balaban J connectivity index is 2.40. The van der Waals surface area contributed by atoms with Gasteiger partial charge in [0.2, 0.25) is 0 Å². The monoisotopic (exact) mass is 343 g/mol. The molecule has 7 nitrogen and oxygen atoms in total. The van der Waals surface area contributed by atoms with Gasteiger partial charge in [0, 0.05) is 11.1 Å². The van der Waals surface area contributed by atoms with Crippen LogP contribution in [0.1, 0.15) is 0 Å². The molecule has 9 heteroatoms. The molecule has 0 aromatic heterocycles. The van der Waals surface area contributed by atoms with Gasteiger partial charge in [0.05, 0.1) is 12.0 Å². The van der Waals surface area contributed by atoms with Crippen LogP contribution in [0.4, 0.5) is 5.69 Å². The van der Waals surface area contributed by atoms with Crippen molar-refractivity contribution in [3.05, 3.63) is 57.6 Å². The molecule has 2 rings (SSSR count). The van der Waals surface area contributed by atoms with Crippen LogP contribution in [0.2, 0.25) is 5.02 Å². The summed E-state index contributed by atoms with van der Waals surface area (Å²) >= 11 is 5.65. The fraction of sp³-hybridized carbons (Fsp3) is 0.0769. The van der Waals surface area contributed by atoms with Gasteiger partial charge in [-0.15, -0.1) is 0 Å². The molecule has 0 unspecified atom stereocenters. The van der Waals surface area contributed by atoms with E-state index >= 15 is 0 Å². The Morgan fingerprint density at radius 3 is 2.23 bits per heavy atom. The molecule has 0 bridgehead atoms. The van der Waals surface area contributed by atoms with Gasteiger partial charge >= 0.3 is 10.1 Å². The predicted octanol–water partition coefficient (Wildman–Crippen LogP) is 3.02. The minimum absolute atomic E-state index is 0.00467. The molecule has 0 aliphatic carbocycles. The maximum absolute atomic E-state index is 12.2. The molecule has 0 heterocycles. The topological polar surface area (TPSA) is 95.7 Å². The standard InChI is InChI=1S/C13H10ClNO6S/c1-20-10-3-5-11(6-4-10)21-22(18,19)13-7-2-9(14)8-12(13)15(16)17/h2-8H,1H3. The summed E-state index contributed by atoms with van der Waals surface area (Å²) < 4.78 is 34.2. The number of ether oxygens (including phenoxy) is 1. The lowest BCUT2D eigenvalue weighted by Gasteiger charge is -2.08. The number of methoxy groups -OCH3 is 1. The highest BCUT2D eigenvalue weighted by atomic mass is 35.5. The first-order chi connectivity index (χ1) is 10.3. The maximum atomic E-state index is 12.2. The van der Waals surface area contributed by atoms with Crippen molar-refractivity contribution in [1.82, 2.24) is 0 Å². The van der Waals surface area contributed by atoms with Gasteiger partial charge in [0.15, 0.2) is 4.90 Å². The van der Waals surface area contributed by atoms with Crippen molar-refractivity contribution in [3.8, 4) is 11.5 Å².